The lowest BCUT2D eigenvalue weighted by molar-refractivity contribution is -0.128. The molecule has 0 bridgehead atoms. The second kappa shape index (κ2) is 7.49. The van der Waals surface area contributed by atoms with Crippen molar-refractivity contribution in [2.45, 2.75) is 25.9 Å². The Balaban J connectivity index is 1.61. The molecule has 6 heteroatoms. The van der Waals surface area contributed by atoms with Gasteiger partial charge in [0.05, 0.1) is 10.3 Å². The van der Waals surface area contributed by atoms with Gasteiger partial charge in [-0.2, -0.15) is 0 Å². The zero-order valence-corrected chi connectivity index (χ0v) is 15.9. The first-order valence-electron chi connectivity index (χ1n) is 7.89. The van der Waals surface area contributed by atoms with E-state index in [0.29, 0.717) is 25.1 Å². The molecule has 0 saturated carbocycles. The smallest absolute Gasteiger partial charge is 0.253 e. The molecule has 2 heterocycles. The zero-order valence-electron chi connectivity index (χ0n) is 13.5. The number of thiophene rings is 1. The second-order valence-corrected chi connectivity index (χ2v) is 8.53. The maximum Gasteiger partial charge on any atom is 0.253 e. The van der Waals surface area contributed by atoms with Gasteiger partial charge in [-0.15, -0.1) is 11.3 Å². The first kappa shape index (κ1) is 17.2. The van der Waals surface area contributed by atoms with Gasteiger partial charge in [-0.3, -0.25) is 9.59 Å². The molecule has 0 unspecified atom stereocenters. The van der Waals surface area contributed by atoms with Gasteiger partial charge in [0.15, 0.2) is 0 Å². The molecule has 0 aliphatic carbocycles. The van der Waals surface area contributed by atoms with E-state index in [4.69, 9.17) is 0 Å². The Morgan fingerprint density at radius 2 is 2.00 bits per heavy atom. The van der Waals surface area contributed by atoms with Gasteiger partial charge in [-0.1, -0.05) is 12.1 Å². The van der Waals surface area contributed by atoms with Crippen molar-refractivity contribution in [3.63, 3.8) is 0 Å². The summed E-state index contributed by atoms with van der Waals surface area (Å²) in [5.41, 5.74) is 1.73. The number of hydrogen-bond acceptors (Lipinski definition) is 3. The lowest BCUT2D eigenvalue weighted by atomic mass is 10.1. The number of hydrogen-bond donors (Lipinski definition) is 0. The van der Waals surface area contributed by atoms with Crippen LogP contribution in [-0.4, -0.2) is 35.2 Å². The Morgan fingerprint density at radius 1 is 1.25 bits per heavy atom. The minimum absolute atomic E-state index is 0.00308. The summed E-state index contributed by atoms with van der Waals surface area (Å²) >= 11 is 5.07. The van der Waals surface area contributed by atoms with Gasteiger partial charge < -0.3 is 9.80 Å². The number of halogens is 1. The van der Waals surface area contributed by atoms with Crippen LogP contribution in [0.2, 0.25) is 0 Å². The quantitative estimate of drug-likeness (QED) is 0.754. The van der Waals surface area contributed by atoms with E-state index in [1.165, 1.54) is 0 Å². The maximum absolute atomic E-state index is 12.5. The summed E-state index contributed by atoms with van der Waals surface area (Å²) < 4.78 is 1.07. The maximum atomic E-state index is 12.5. The van der Waals surface area contributed by atoms with Crippen LogP contribution in [0, 0.1) is 0 Å². The number of benzene rings is 1. The summed E-state index contributed by atoms with van der Waals surface area (Å²) in [7, 11) is 1.81. The van der Waals surface area contributed by atoms with Crippen LogP contribution in [0.5, 0.6) is 0 Å². The molecular weight excluding hydrogens is 388 g/mol. The molecule has 2 amide bonds. The molecule has 1 aliphatic rings. The molecule has 24 heavy (non-hydrogen) atoms. The lowest BCUT2D eigenvalue weighted by Crippen LogP contribution is -2.26. The highest BCUT2D eigenvalue weighted by Crippen LogP contribution is 2.23. The van der Waals surface area contributed by atoms with E-state index in [1.807, 2.05) is 48.3 Å². The van der Waals surface area contributed by atoms with Crippen LogP contribution in [0.15, 0.2) is 40.2 Å². The van der Waals surface area contributed by atoms with E-state index in [0.717, 1.165) is 27.2 Å². The number of carbonyl (C=O) groups is 2. The molecular formula is C18H19BrN2O2S. The van der Waals surface area contributed by atoms with Crippen molar-refractivity contribution in [3.8, 4) is 0 Å². The van der Waals surface area contributed by atoms with Gasteiger partial charge in [0.2, 0.25) is 5.91 Å². The molecule has 1 aromatic heterocycles. The van der Waals surface area contributed by atoms with E-state index in [9.17, 15) is 9.59 Å². The monoisotopic (exact) mass is 406 g/mol. The van der Waals surface area contributed by atoms with Gasteiger partial charge in [0.1, 0.15) is 0 Å². The first-order valence-corrected chi connectivity index (χ1v) is 9.50. The SMILES string of the molecule is CN(Cc1ccc(Br)s1)C(=O)c1ccc(CN2CCCC2=O)cc1. The van der Waals surface area contributed by atoms with Crippen molar-refractivity contribution in [3.05, 3.63) is 56.2 Å². The van der Waals surface area contributed by atoms with Gasteiger partial charge in [-0.25, -0.2) is 0 Å². The molecule has 0 N–H and O–H groups in total. The van der Waals surface area contributed by atoms with Gasteiger partial charge in [0.25, 0.3) is 5.91 Å². The fourth-order valence-electron chi connectivity index (χ4n) is 2.81. The minimum atomic E-state index is 0.00308. The third-order valence-electron chi connectivity index (χ3n) is 4.11. The molecule has 126 valence electrons. The predicted molar refractivity (Wildman–Crippen MR) is 98.9 cm³/mol. The van der Waals surface area contributed by atoms with Crippen molar-refractivity contribution in [1.29, 1.82) is 0 Å². The zero-order chi connectivity index (χ0) is 17.1. The number of nitrogens with zero attached hydrogens (tertiary/aromatic N) is 2. The van der Waals surface area contributed by atoms with Gasteiger partial charge in [0, 0.05) is 37.0 Å². The standard InChI is InChI=1S/C18H19BrN2O2S/c1-20(12-15-8-9-16(19)24-15)18(23)14-6-4-13(5-7-14)11-21-10-2-3-17(21)22/h4-9H,2-3,10-12H2,1H3. The Bertz CT molecular complexity index is 742. The molecule has 0 spiro atoms. The third kappa shape index (κ3) is 4.05. The Labute approximate surface area is 154 Å². The van der Waals surface area contributed by atoms with Crippen LogP contribution in [0.25, 0.3) is 0 Å². The van der Waals surface area contributed by atoms with Crippen molar-refractivity contribution in [2.75, 3.05) is 13.6 Å². The summed E-state index contributed by atoms with van der Waals surface area (Å²) in [6.07, 6.45) is 1.60. The Hall–Kier alpha value is -1.66. The normalized spacial score (nSPS) is 14.2. The Kier molecular flexibility index (Phi) is 5.36. The summed E-state index contributed by atoms with van der Waals surface area (Å²) in [5.74, 6) is 0.223. The number of likely N-dealkylation sites (tertiary alicyclic amines) is 1. The minimum Gasteiger partial charge on any atom is -0.338 e. The highest BCUT2D eigenvalue weighted by molar-refractivity contribution is 9.11. The van der Waals surface area contributed by atoms with Crippen molar-refractivity contribution in [1.82, 2.24) is 9.80 Å². The van der Waals surface area contributed by atoms with Crippen LogP contribution in [0.1, 0.15) is 33.6 Å². The molecule has 1 aromatic carbocycles. The fraction of sp³-hybridized carbons (Fsp3) is 0.333. The van der Waals surface area contributed by atoms with Crippen LogP contribution in [-0.2, 0) is 17.9 Å². The second-order valence-electron chi connectivity index (χ2n) is 5.98. The molecule has 3 rings (SSSR count). The molecule has 0 atom stereocenters. The molecule has 1 aliphatic heterocycles. The summed E-state index contributed by atoms with van der Waals surface area (Å²) in [4.78, 5) is 28.9. The first-order chi connectivity index (χ1) is 11.5. The highest BCUT2D eigenvalue weighted by atomic mass is 79.9. The van der Waals surface area contributed by atoms with Crippen molar-refractivity contribution in [2.24, 2.45) is 0 Å². The van der Waals surface area contributed by atoms with Crippen LogP contribution in [0.4, 0.5) is 0 Å². The Morgan fingerprint density at radius 3 is 2.58 bits per heavy atom. The predicted octanol–water partition coefficient (Wildman–Crippen LogP) is 3.91. The van der Waals surface area contributed by atoms with Crippen molar-refractivity contribution < 1.29 is 9.59 Å². The number of amides is 2. The lowest BCUT2D eigenvalue weighted by Gasteiger charge is -2.18. The number of rotatable bonds is 5. The topological polar surface area (TPSA) is 40.6 Å². The molecule has 2 aromatic rings. The third-order valence-corrected chi connectivity index (χ3v) is 5.72. The average Bonchev–Trinajstić information content (AvgIpc) is 3.16. The van der Waals surface area contributed by atoms with Crippen molar-refractivity contribution >= 4 is 39.1 Å². The largest absolute Gasteiger partial charge is 0.338 e. The van der Waals surface area contributed by atoms with Gasteiger partial charge >= 0.3 is 0 Å². The molecule has 1 fully saturated rings. The van der Waals surface area contributed by atoms with E-state index in [-0.39, 0.29) is 11.8 Å². The highest BCUT2D eigenvalue weighted by Gasteiger charge is 2.20. The van der Waals surface area contributed by atoms with E-state index < -0.39 is 0 Å². The van der Waals surface area contributed by atoms with E-state index in [2.05, 4.69) is 15.9 Å². The summed E-state index contributed by atoms with van der Waals surface area (Å²) in [5, 5.41) is 0. The van der Waals surface area contributed by atoms with E-state index in [1.54, 1.807) is 16.2 Å². The van der Waals surface area contributed by atoms with Gasteiger partial charge in [-0.05, 0) is 52.2 Å². The summed E-state index contributed by atoms with van der Waals surface area (Å²) in [6.45, 7) is 2.06. The average molecular weight is 407 g/mol. The van der Waals surface area contributed by atoms with Crippen LogP contribution < -0.4 is 0 Å². The van der Waals surface area contributed by atoms with Crippen LogP contribution in [0.3, 0.4) is 0 Å². The summed E-state index contributed by atoms with van der Waals surface area (Å²) in [6, 6.07) is 11.6. The fourth-order valence-corrected chi connectivity index (χ4v) is 4.34. The number of carbonyl (C=O) groups excluding carboxylic acids is 2. The van der Waals surface area contributed by atoms with E-state index >= 15 is 0 Å². The molecule has 4 nitrogen and oxygen atoms in total. The molecule has 1 saturated heterocycles. The molecule has 0 radical (unpaired) electrons. The van der Waals surface area contributed by atoms with Crippen LogP contribution >= 0.6 is 27.3 Å².